The minimum absolute atomic E-state index is 0.813. The van der Waals surface area contributed by atoms with E-state index in [-0.39, 0.29) is 0 Å². The van der Waals surface area contributed by atoms with Crippen molar-refractivity contribution in [2.45, 2.75) is 0 Å². The number of methoxy groups -OCH3 is 2. The van der Waals surface area contributed by atoms with Crippen molar-refractivity contribution in [2.24, 2.45) is 0 Å². The summed E-state index contributed by atoms with van der Waals surface area (Å²) in [5.41, 5.74) is 2.98. The van der Waals surface area contributed by atoms with Gasteiger partial charge in [-0.15, -0.1) is 11.3 Å². The van der Waals surface area contributed by atoms with Crippen LogP contribution < -0.4 is 14.8 Å². The first kappa shape index (κ1) is 13.7. The third-order valence-corrected chi connectivity index (χ3v) is 4.37. The van der Waals surface area contributed by atoms with Crippen molar-refractivity contribution in [1.29, 1.82) is 0 Å². The molecule has 0 fully saturated rings. The van der Waals surface area contributed by atoms with Crippen LogP contribution in [0.4, 0.5) is 5.69 Å². The molecule has 0 radical (unpaired) electrons. The highest BCUT2D eigenvalue weighted by Gasteiger charge is 2.12. The van der Waals surface area contributed by atoms with Crippen LogP contribution in [0.1, 0.15) is 0 Å². The molecule has 0 saturated heterocycles. The van der Waals surface area contributed by atoms with Crippen LogP contribution in [0.25, 0.3) is 20.8 Å². The first-order valence-electron chi connectivity index (χ1n) is 6.56. The monoisotopic (exact) mass is 300 g/mol. The number of thiazole rings is 1. The summed E-state index contributed by atoms with van der Waals surface area (Å²) in [5, 5.41) is 4.05. The number of fused-ring (bicyclic) bond motifs is 1. The van der Waals surface area contributed by atoms with Gasteiger partial charge in [0, 0.05) is 18.8 Å². The van der Waals surface area contributed by atoms with Gasteiger partial charge in [-0.1, -0.05) is 0 Å². The average Bonchev–Trinajstić information content (AvgIpc) is 2.96. The summed E-state index contributed by atoms with van der Waals surface area (Å²) in [5.74, 6) is 1.66. The van der Waals surface area contributed by atoms with Crippen molar-refractivity contribution in [3.05, 3.63) is 36.4 Å². The maximum absolute atomic E-state index is 5.49. The average molecular weight is 300 g/mol. The quantitative estimate of drug-likeness (QED) is 0.790. The van der Waals surface area contributed by atoms with E-state index in [4.69, 9.17) is 9.47 Å². The van der Waals surface area contributed by atoms with E-state index < -0.39 is 0 Å². The maximum Gasteiger partial charge on any atom is 0.131 e. The number of benzene rings is 2. The SMILES string of the molecule is CNc1ccc(-c2nc3ccc(OC)cc3s2)c(OC)c1. The second kappa shape index (κ2) is 5.61. The maximum atomic E-state index is 5.49. The number of ether oxygens (including phenoxy) is 2. The zero-order valence-electron chi connectivity index (χ0n) is 12.1. The fourth-order valence-corrected chi connectivity index (χ4v) is 3.19. The summed E-state index contributed by atoms with van der Waals surface area (Å²) in [6.07, 6.45) is 0. The normalized spacial score (nSPS) is 10.6. The summed E-state index contributed by atoms with van der Waals surface area (Å²) in [7, 11) is 5.23. The molecule has 0 atom stereocenters. The van der Waals surface area contributed by atoms with Crippen molar-refractivity contribution < 1.29 is 9.47 Å². The number of rotatable bonds is 4. The fraction of sp³-hybridized carbons (Fsp3) is 0.188. The second-order valence-corrected chi connectivity index (χ2v) is 5.55. The van der Waals surface area contributed by atoms with Gasteiger partial charge in [0.1, 0.15) is 16.5 Å². The van der Waals surface area contributed by atoms with E-state index in [9.17, 15) is 0 Å². The lowest BCUT2D eigenvalue weighted by molar-refractivity contribution is 0.415. The van der Waals surface area contributed by atoms with Gasteiger partial charge in [0.15, 0.2) is 0 Å². The van der Waals surface area contributed by atoms with Crippen molar-refractivity contribution in [3.8, 4) is 22.1 Å². The highest BCUT2D eigenvalue weighted by atomic mass is 32.1. The molecule has 4 nitrogen and oxygen atoms in total. The molecule has 1 aromatic heterocycles. The number of nitrogens with one attached hydrogen (secondary N) is 1. The van der Waals surface area contributed by atoms with Crippen LogP contribution in [-0.4, -0.2) is 26.3 Å². The third-order valence-electron chi connectivity index (χ3n) is 3.32. The van der Waals surface area contributed by atoms with E-state index in [1.165, 1.54) is 0 Å². The molecule has 0 amide bonds. The molecule has 0 aliphatic rings. The first-order valence-corrected chi connectivity index (χ1v) is 7.37. The van der Waals surface area contributed by atoms with E-state index in [1.54, 1.807) is 25.6 Å². The van der Waals surface area contributed by atoms with Crippen molar-refractivity contribution >= 4 is 27.2 Å². The molecule has 108 valence electrons. The highest BCUT2D eigenvalue weighted by Crippen LogP contribution is 2.37. The topological polar surface area (TPSA) is 43.4 Å². The molecule has 0 unspecified atom stereocenters. The molecule has 1 heterocycles. The molecule has 0 saturated carbocycles. The molecule has 0 spiro atoms. The zero-order valence-corrected chi connectivity index (χ0v) is 13.0. The van der Waals surface area contributed by atoms with Gasteiger partial charge >= 0.3 is 0 Å². The van der Waals surface area contributed by atoms with Crippen molar-refractivity contribution in [2.75, 3.05) is 26.6 Å². The number of nitrogens with zero attached hydrogens (tertiary/aromatic N) is 1. The van der Waals surface area contributed by atoms with Crippen LogP contribution in [0.3, 0.4) is 0 Å². The number of aromatic nitrogens is 1. The van der Waals surface area contributed by atoms with Crippen LogP contribution in [0.2, 0.25) is 0 Å². The van der Waals surface area contributed by atoms with Gasteiger partial charge in [-0.05, 0) is 30.3 Å². The minimum atomic E-state index is 0.813. The lowest BCUT2D eigenvalue weighted by atomic mass is 10.2. The molecule has 0 bridgehead atoms. The van der Waals surface area contributed by atoms with Crippen LogP contribution in [0, 0.1) is 0 Å². The van der Waals surface area contributed by atoms with Gasteiger partial charge in [-0.25, -0.2) is 4.98 Å². The number of hydrogen-bond acceptors (Lipinski definition) is 5. The van der Waals surface area contributed by atoms with Gasteiger partial charge in [-0.3, -0.25) is 0 Å². The van der Waals surface area contributed by atoms with Gasteiger partial charge in [0.25, 0.3) is 0 Å². The predicted molar refractivity (Wildman–Crippen MR) is 87.7 cm³/mol. The Hall–Kier alpha value is -2.27. The summed E-state index contributed by atoms with van der Waals surface area (Å²) in [6.45, 7) is 0. The molecule has 1 N–H and O–H groups in total. The van der Waals surface area contributed by atoms with Crippen molar-refractivity contribution in [1.82, 2.24) is 4.98 Å². The van der Waals surface area contributed by atoms with Gasteiger partial charge in [0.2, 0.25) is 0 Å². The Bertz CT molecular complexity index is 783. The summed E-state index contributed by atoms with van der Waals surface area (Å²) in [4.78, 5) is 4.69. The first-order chi connectivity index (χ1) is 10.2. The summed E-state index contributed by atoms with van der Waals surface area (Å²) in [6, 6.07) is 11.9. The van der Waals surface area contributed by atoms with Crippen molar-refractivity contribution in [3.63, 3.8) is 0 Å². The number of hydrogen-bond donors (Lipinski definition) is 1. The molecular weight excluding hydrogens is 284 g/mol. The summed E-state index contributed by atoms with van der Waals surface area (Å²) < 4.78 is 11.8. The Balaban J connectivity index is 2.11. The predicted octanol–water partition coefficient (Wildman–Crippen LogP) is 4.02. The number of anilines is 1. The van der Waals surface area contributed by atoms with E-state index in [1.807, 2.05) is 43.4 Å². The molecule has 21 heavy (non-hydrogen) atoms. The highest BCUT2D eigenvalue weighted by molar-refractivity contribution is 7.21. The van der Waals surface area contributed by atoms with E-state index in [0.29, 0.717) is 0 Å². The second-order valence-electron chi connectivity index (χ2n) is 4.52. The largest absolute Gasteiger partial charge is 0.497 e. The van der Waals surface area contributed by atoms with E-state index in [2.05, 4.69) is 10.3 Å². The molecule has 2 aromatic carbocycles. The smallest absolute Gasteiger partial charge is 0.131 e. The zero-order chi connectivity index (χ0) is 14.8. The van der Waals surface area contributed by atoms with E-state index in [0.717, 1.165) is 38.0 Å². The Kier molecular flexibility index (Phi) is 3.66. The van der Waals surface area contributed by atoms with Gasteiger partial charge in [-0.2, -0.15) is 0 Å². The molecule has 3 rings (SSSR count). The lowest BCUT2D eigenvalue weighted by Crippen LogP contribution is -1.92. The van der Waals surface area contributed by atoms with E-state index >= 15 is 0 Å². The fourth-order valence-electron chi connectivity index (χ4n) is 2.17. The Morgan fingerprint density at radius 2 is 1.90 bits per heavy atom. The molecule has 0 aliphatic heterocycles. The Labute approximate surface area is 127 Å². The van der Waals surface area contributed by atoms with Gasteiger partial charge in [0.05, 0.1) is 30.0 Å². The van der Waals surface area contributed by atoms with Gasteiger partial charge < -0.3 is 14.8 Å². The third kappa shape index (κ3) is 2.52. The molecule has 3 aromatic rings. The minimum Gasteiger partial charge on any atom is -0.497 e. The Morgan fingerprint density at radius 3 is 2.62 bits per heavy atom. The van der Waals surface area contributed by atoms with Crippen LogP contribution in [0.15, 0.2) is 36.4 Å². The molecule has 5 heteroatoms. The molecule has 0 aliphatic carbocycles. The lowest BCUT2D eigenvalue weighted by Gasteiger charge is -2.08. The summed E-state index contributed by atoms with van der Waals surface area (Å²) >= 11 is 1.63. The molecular formula is C16H16N2O2S. The van der Waals surface area contributed by atoms with Crippen LogP contribution in [0.5, 0.6) is 11.5 Å². The standard InChI is InChI=1S/C16H16N2O2S/c1-17-10-4-6-12(14(8-10)20-3)16-18-13-7-5-11(19-2)9-15(13)21-16/h4-9,17H,1-3H3. The van der Waals surface area contributed by atoms with Crippen LogP contribution >= 0.6 is 11.3 Å². The van der Waals surface area contributed by atoms with Crippen LogP contribution in [-0.2, 0) is 0 Å². The Morgan fingerprint density at radius 1 is 1.05 bits per heavy atom.